The predicted molar refractivity (Wildman–Crippen MR) is 94.4 cm³/mol. The van der Waals surface area contributed by atoms with Gasteiger partial charge in [0.1, 0.15) is 0 Å². The summed E-state index contributed by atoms with van der Waals surface area (Å²) in [7, 11) is 0. The Kier molecular flexibility index (Phi) is 6.15. The molecule has 0 aliphatic carbocycles. The first-order chi connectivity index (χ1) is 9.60. The zero-order valence-electron chi connectivity index (χ0n) is 11.3. The minimum atomic E-state index is 0.230. The highest BCUT2D eigenvalue weighted by Gasteiger charge is 2.08. The fraction of sp³-hybridized carbons (Fsp3) is 0.250. The zero-order chi connectivity index (χ0) is 14.5. The molecule has 1 atom stereocenters. The Hall–Kier alpha value is -0.290. The van der Waals surface area contributed by atoms with E-state index in [0.717, 1.165) is 21.8 Å². The van der Waals surface area contributed by atoms with Gasteiger partial charge in [-0.05, 0) is 58.6 Å². The Labute approximate surface area is 141 Å². The lowest BCUT2D eigenvalue weighted by molar-refractivity contribution is 0.645. The minimum Gasteiger partial charge on any atom is -0.327 e. The van der Waals surface area contributed by atoms with Gasteiger partial charge in [0.15, 0.2) is 0 Å². The molecule has 0 saturated heterocycles. The molecule has 2 aromatic rings. The summed E-state index contributed by atoms with van der Waals surface area (Å²) in [5.41, 5.74) is 7.30. The summed E-state index contributed by atoms with van der Waals surface area (Å²) in [4.78, 5) is 2.44. The summed E-state index contributed by atoms with van der Waals surface area (Å²) in [5.74, 6) is 0. The Morgan fingerprint density at radius 1 is 1.10 bits per heavy atom. The molecule has 0 spiro atoms. The lowest BCUT2D eigenvalue weighted by atomic mass is 10.1. The van der Waals surface area contributed by atoms with E-state index in [1.807, 2.05) is 6.07 Å². The van der Waals surface area contributed by atoms with Crippen LogP contribution in [0.4, 0.5) is 0 Å². The number of hydrogen-bond acceptors (Lipinski definition) is 2. The van der Waals surface area contributed by atoms with E-state index >= 15 is 0 Å². The first-order valence-corrected chi connectivity index (χ1v) is 8.96. The largest absolute Gasteiger partial charge is 0.327 e. The quantitative estimate of drug-likeness (QED) is 0.684. The Balaban J connectivity index is 2.15. The maximum Gasteiger partial charge on any atom is 0.0314 e. The number of hydrogen-bond donors (Lipinski definition) is 1. The van der Waals surface area contributed by atoms with Gasteiger partial charge in [0.25, 0.3) is 0 Å². The van der Waals surface area contributed by atoms with Crippen LogP contribution in [0.1, 0.15) is 18.9 Å². The second kappa shape index (κ2) is 7.64. The van der Waals surface area contributed by atoms with Gasteiger partial charge in [-0.15, -0.1) is 0 Å². The molecule has 4 heteroatoms. The molecule has 106 valence electrons. The van der Waals surface area contributed by atoms with Crippen LogP contribution >= 0.6 is 43.6 Å². The highest BCUT2D eigenvalue weighted by molar-refractivity contribution is 9.10. The van der Waals surface area contributed by atoms with Gasteiger partial charge in [-0.2, -0.15) is 0 Å². The van der Waals surface area contributed by atoms with Gasteiger partial charge in [-0.25, -0.2) is 0 Å². The summed E-state index contributed by atoms with van der Waals surface area (Å²) in [6, 6.07) is 15.0. The van der Waals surface area contributed by atoms with E-state index in [-0.39, 0.29) is 6.04 Å². The minimum absolute atomic E-state index is 0.230. The first-order valence-electron chi connectivity index (χ1n) is 6.56. The van der Waals surface area contributed by atoms with Crippen LogP contribution in [-0.4, -0.2) is 6.04 Å². The van der Waals surface area contributed by atoms with Gasteiger partial charge in [-0.3, -0.25) is 0 Å². The predicted octanol–water partition coefficient (Wildman–Crippen LogP) is 5.64. The molecule has 0 aliphatic heterocycles. The van der Waals surface area contributed by atoms with Gasteiger partial charge in [-0.1, -0.05) is 52.8 Å². The molecule has 1 nitrogen and oxygen atoms in total. The van der Waals surface area contributed by atoms with Gasteiger partial charge < -0.3 is 5.73 Å². The smallest absolute Gasteiger partial charge is 0.0314 e. The van der Waals surface area contributed by atoms with Crippen molar-refractivity contribution in [3.05, 3.63) is 57.0 Å². The summed E-state index contributed by atoms with van der Waals surface area (Å²) >= 11 is 8.99. The number of rotatable bonds is 5. The van der Waals surface area contributed by atoms with Crippen LogP contribution < -0.4 is 5.73 Å². The average Bonchev–Trinajstić information content (AvgIpc) is 2.44. The fourth-order valence-corrected chi connectivity index (χ4v) is 3.94. The van der Waals surface area contributed by atoms with Crippen molar-refractivity contribution in [2.45, 2.75) is 35.6 Å². The lowest BCUT2D eigenvalue weighted by Gasteiger charge is -2.12. The molecule has 2 rings (SSSR count). The van der Waals surface area contributed by atoms with Crippen molar-refractivity contribution < 1.29 is 0 Å². The SMILES string of the molecule is CCC(N)Cc1ccc(Sc2ccccc2Br)cc1Br. The lowest BCUT2D eigenvalue weighted by Crippen LogP contribution is -2.21. The third-order valence-electron chi connectivity index (χ3n) is 3.10. The van der Waals surface area contributed by atoms with Crippen LogP contribution in [0, 0.1) is 0 Å². The standard InChI is InChI=1S/C16H17Br2NS/c1-2-12(19)9-11-7-8-13(10-15(11)18)20-16-6-4-3-5-14(16)17/h3-8,10,12H,2,9,19H2,1H3. The molecule has 0 fully saturated rings. The molecule has 2 aromatic carbocycles. The molecule has 0 aromatic heterocycles. The number of benzene rings is 2. The molecule has 0 heterocycles. The van der Waals surface area contributed by atoms with Gasteiger partial charge in [0, 0.05) is 24.8 Å². The summed E-state index contributed by atoms with van der Waals surface area (Å²) in [6.45, 7) is 2.12. The van der Waals surface area contributed by atoms with Crippen molar-refractivity contribution in [2.24, 2.45) is 5.73 Å². The Morgan fingerprint density at radius 2 is 1.85 bits per heavy atom. The zero-order valence-corrected chi connectivity index (χ0v) is 15.3. The van der Waals surface area contributed by atoms with Gasteiger partial charge in [0.2, 0.25) is 0 Å². The van der Waals surface area contributed by atoms with Gasteiger partial charge in [0.05, 0.1) is 0 Å². The molecular formula is C16H17Br2NS. The van der Waals surface area contributed by atoms with E-state index in [1.165, 1.54) is 15.4 Å². The van der Waals surface area contributed by atoms with Crippen molar-refractivity contribution in [2.75, 3.05) is 0 Å². The molecule has 0 saturated carbocycles. The summed E-state index contributed by atoms with van der Waals surface area (Å²) in [5, 5.41) is 0. The van der Waals surface area contributed by atoms with Crippen LogP contribution in [0.3, 0.4) is 0 Å². The van der Waals surface area contributed by atoms with E-state index in [4.69, 9.17) is 5.73 Å². The van der Waals surface area contributed by atoms with Gasteiger partial charge >= 0.3 is 0 Å². The highest BCUT2D eigenvalue weighted by atomic mass is 79.9. The second-order valence-electron chi connectivity index (χ2n) is 4.66. The van der Waals surface area contributed by atoms with Crippen molar-refractivity contribution in [3.63, 3.8) is 0 Å². The molecule has 0 amide bonds. The molecule has 2 N–H and O–H groups in total. The number of nitrogens with two attached hydrogens (primary N) is 1. The third-order valence-corrected chi connectivity index (χ3v) is 5.85. The molecule has 1 unspecified atom stereocenters. The summed E-state index contributed by atoms with van der Waals surface area (Å²) < 4.78 is 2.26. The fourth-order valence-electron chi connectivity index (χ4n) is 1.84. The van der Waals surface area contributed by atoms with E-state index in [1.54, 1.807) is 11.8 Å². The van der Waals surface area contributed by atoms with E-state index in [9.17, 15) is 0 Å². The molecule has 0 bridgehead atoms. The van der Waals surface area contributed by atoms with Crippen LogP contribution in [-0.2, 0) is 6.42 Å². The topological polar surface area (TPSA) is 26.0 Å². The van der Waals surface area contributed by atoms with Crippen molar-refractivity contribution >= 4 is 43.6 Å². The van der Waals surface area contributed by atoms with E-state index in [2.05, 4.69) is 75.2 Å². The first kappa shape index (κ1) is 16.1. The van der Waals surface area contributed by atoms with Crippen LogP contribution in [0.15, 0.2) is 61.2 Å². The average molecular weight is 415 g/mol. The Bertz CT molecular complexity index is 586. The number of halogens is 2. The van der Waals surface area contributed by atoms with Crippen LogP contribution in [0.2, 0.25) is 0 Å². The maximum absolute atomic E-state index is 6.02. The van der Waals surface area contributed by atoms with Crippen LogP contribution in [0.5, 0.6) is 0 Å². The molecular weight excluding hydrogens is 398 g/mol. The monoisotopic (exact) mass is 413 g/mol. The van der Waals surface area contributed by atoms with E-state index < -0.39 is 0 Å². The normalized spacial score (nSPS) is 12.4. The third kappa shape index (κ3) is 4.35. The van der Waals surface area contributed by atoms with Crippen molar-refractivity contribution in [3.8, 4) is 0 Å². The molecule has 0 aliphatic rings. The molecule has 20 heavy (non-hydrogen) atoms. The molecule has 0 radical (unpaired) electrons. The highest BCUT2D eigenvalue weighted by Crippen LogP contribution is 2.35. The second-order valence-corrected chi connectivity index (χ2v) is 7.48. The van der Waals surface area contributed by atoms with Crippen molar-refractivity contribution in [1.82, 2.24) is 0 Å². The maximum atomic E-state index is 6.02. The van der Waals surface area contributed by atoms with Crippen molar-refractivity contribution in [1.29, 1.82) is 0 Å². The van der Waals surface area contributed by atoms with E-state index in [0.29, 0.717) is 0 Å². The summed E-state index contributed by atoms with van der Waals surface area (Å²) in [6.07, 6.45) is 1.91. The van der Waals surface area contributed by atoms with Crippen LogP contribution in [0.25, 0.3) is 0 Å². The Morgan fingerprint density at radius 3 is 2.50 bits per heavy atom.